The van der Waals surface area contributed by atoms with Gasteiger partial charge in [0, 0.05) is 31.2 Å². The van der Waals surface area contributed by atoms with Gasteiger partial charge in [0.15, 0.2) is 0 Å². The molecule has 0 aliphatic rings. The van der Waals surface area contributed by atoms with Crippen LogP contribution in [0.15, 0.2) is 0 Å². The molecule has 0 aliphatic carbocycles. The summed E-state index contributed by atoms with van der Waals surface area (Å²) in [7, 11) is -15.5. The Balaban J connectivity index is -0.0000000321. The Hall–Kier alpha value is 0.145. The van der Waals surface area contributed by atoms with E-state index in [9.17, 15) is 0 Å². The molecular formula is CH2Cr2O14S3. The van der Waals surface area contributed by atoms with Crippen molar-refractivity contribution in [1.29, 1.82) is 0 Å². The van der Waals surface area contributed by atoms with Gasteiger partial charge in [0.05, 0.1) is 0 Å². The van der Waals surface area contributed by atoms with Crippen molar-refractivity contribution >= 4 is 37.7 Å². The van der Waals surface area contributed by atoms with E-state index in [4.69, 9.17) is 62.5 Å². The number of carbonyl (C=O) groups is 1. The Kier molecular flexibility index (Phi) is 31.7. The van der Waals surface area contributed by atoms with Crippen LogP contribution in [0.2, 0.25) is 0 Å². The molecule has 0 amide bonds. The quantitative estimate of drug-likeness (QED) is 0.213. The van der Waals surface area contributed by atoms with E-state index in [0.717, 1.165) is 0 Å². The van der Waals surface area contributed by atoms with Gasteiger partial charge in [-0.05, 0) is 0 Å². The van der Waals surface area contributed by atoms with E-state index in [0.29, 0.717) is 0 Å². The topological polar surface area (TPSA) is 278 Å². The average molecular weight is 438 g/mol. The van der Waals surface area contributed by atoms with Crippen molar-refractivity contribution in [3.8, 4) is 0 Å². The molecule has 0 unspecified atom stereocenters. The second-order valence-electron chi connectivity index (χ2n) is 1.33. The molecule has 19 heteroatoms. The number of hydrogen-bond donors (Lipinski definition) is 1. The molecule has 0 saturated carbocycles. The summed E-state index contributed by atoms with van der Waals surface area (Å²) in [5.41, 5.74) is 0. The summed E-state index contributed by atoms with van der Waals surface area (Å²) in [5.74, 6) is 0. The third kappa shape index (κ3) is 254000. The minimum absolute atomic E-state index is 0. The van der Waals surface area contributed by atoms with Gasteiger partial charge in [0.1, 0.15) is 0 Å². The molecule has 0 aliphatic heterocycles. The van der Waals surface area contributed by atoms with Crippen LogP contribution in [0.4, 0.5) is 0 Å². The van der Waals surface area contributed by atoms with Gasteiger partial charge in [-0.25, -0.2) is 0 Å². The molecule has 0 heterocycles. The fourth-order valence-corrected chi connectivity index (χ4v) is 0. The zero-order valence-corrected chi connectivity index (χ0v) is 13.4. The van der Waals surface area contributed by atoms with Crippen molar-refractivity contribution in [3.63, 3.8) is 0 Å². The SMILES string of the molecule is O=CO.O=S(=O)([O-])[O-].O=S(=O)([O-])[O-].O=S(=O)([O-])[O-].[Cr+3].[Cr+3]. The van der Waals surface area contributed by atoms with Crippen molar-refractivity contribution in [2.24, 2.45) is 0 Å². The maximum Gasteiger partial charge on any atom is 3.00 e. The van der Waals surface area contributed by atoms with Crippen LogP contribution < -0.4 is 0 Å². The third-order valence-electron chi connectivity index (χ3n) is 0. The normalized spacial score (nSPS) is 9.30. The number of rotatable bonds is 0. The first-order valence-corrected chi connectivity index (χ1v) is 6.49. The molecule has 0 aromatic carbocycles. The Labute approximate surface area is 134 Å². The standard InChI is InChI=1S/CH2O2.2Cr.3H2O4S/c2-1-3;;;3*1-5(2,3)4/h1H,(H,2,3);;;3*(H2,1,2,3,4)/q;2*+3;;;/p-6. The molecule has 0 aromatic rings. The molecule has 0 aromatic heterocycles. The number of hydrogen-bond acceptors (Lipinski definition) is 13. The molecule has 20 heavy (non-hydrogen) atoms. The molecule has 120 valence electrons. The second kappa shape index (κ2) is 17.2. The minimum atomic E-state index is -5.17. The summed E-state index contributed by atoms with van der Waals surface area (Å²) in [6, 6.07) is 0. The zero-order chi connectivity index (χ0) is 16.2. The first-order chi connectivity index (χ1) is 7.41. The molecule has 14 nitrogen and oxygen atoms in total. The van der Waals surface area contributed by atoms with Crippen molar-refractivity contribution < 1.29 is 97.2 Å². The van der Waals surface area contributed by atoms with Crippen LogP contribution in [0, 0.1) is 0 Å². The van der Waals surface area contributed by atoms with Gasteiger partial charge >= 0.3 is 34.7 Å². The zero-order valence-electron chi connectivity index (χ0n) is 8.37. The fourth-order valence-electron chi connectivity index (χ4n) is 0. The first-order valence-electron chi connectivity index (χ1n) is 2.49. The van der Waals surface area contributed by atoms with Gasteiger partial charge in [-0.15, -0.1) is 0 Å². The largest absolute Gasteiger partial charge is 3.00 e. The van der Waals surface area contributed by atoms with Crippen molar-refractivity contribution in [2.75, 3.05) is 0 Å². The monoisotopic (exact) mass is 438 g/mol. The van der Waals surface area contributed by atoms with Crippen LogP contribution >= 0.6 is 0 Å². The van der Waals surface area contributed by atoms with Gasteiger partial charge in [-0.2, -0.15) is 0 Å². The Morgan fingerprint density at radius 2 is 0.600 bits per heavy atom. The maximum atomic E-state index is 8.52. The Morgan fingerprint density at radius 3 is 0.600 bits per heavy atom. The molecule has 1 N–H and O–H groups in total. The van der Waals surface area contributed by atoms with Crippen LogP contribution in [0.5, 0.6) is 0 Å². The Morgan fingerprint density at radius 1 is 0.600 bits per heavy atom. The minimum Gasteiger partial charge on any atom is -0.759 e. The van der Waals surface area contributed by atoms with E-state index in [1.54, 1.807) is 0 Å². The third-order valence-corrected chi connectivity index (χ3v) is 0. The van der Waals surface area contributed by atoms with Crippen LogP contribution in [0.1, 0.15) is 0 Å². The van der Waals surface area contributed by atoms with E-state index in [1.165, 1.54) is 0 Å². The molecule has 0 spiro atoms. The molecule has 0 rings (SSSR count). The summed E-state index contributed by atoms with van der Waals surface area (Å²) in [5, 5.41) is 6.89. The van der Waals surface area contributed by atoms with Crippen LogP contribution in [-0.4, -0.2) is 64.1 Å². The van der Waals surface area contributed by atoms with Gasteiger partial charge < -0.3 is 32.4 Å². The first kappa shape index (κ1) is 36.9. The Bertz CT molecular complexity index is 387. The smallest absolute Gasteiger partial charge is 0.759 e. The summed E-state index contributed by atoms with van der Waals surface area (Å²) in [6.07, 6.45) is 0. The molecule has 0 atom stereocenters. The van der Waals surface area contributed by atoms with Crippen molar-refractivity contribution in [1.82, 2.24) is 0 Å². The van der Waals surface area contributed by atoms with Gasteiger partial charge in [0.2, 0.25) is 0 Å². The average Bonchev–Trinajstić information content (AvgIpc) is 1.71. The predicted octanol–water partition coefficient (Wildman–Crippen LogP) is -4.32. The summed E-state index contributed by atoms with van der Waals surface area (Å²) < 4.78 is 102. The van der Waals surface area contributed by atoms with E-state index in [1.807, 2.05) is 0 Å². The summed E-state index contributed by atoms with van der Waals surface area (Å²) >= 11 is 0. The predicted molar refractivity (Wildman–Crippen MR) is 40.1 cm³/mol. The van der Waals surface area contributed by atoms with E-state index < -0.39 is 31.2 Å². The van der Waals surface area contributed by atoms with Gasteiger partial charge in [-0.3, -0.25) is 30.0 Å². The van der Waals surface area contributed by atoms with Gasteiger partial charge in [-0.1, -0.05) is 0 Å². The summed E-state index contributed by atoms with van der Waals surface area (Å²) in [6.45, 7) is -0.250. The van der Waals surface area contributed by atoms with Crippen LogP contribution in [-0.2, 0) is 70.7 Å². The molecule has 2 radical (unpaired) electrons. The van der Waals surface area contributed by atoms with Crippen LogP contribution in [0.3, 0.4) is 0 Å². The maximum absolute atomic E-state index is 8.52. The van der Waals surface area contributed by atoms with E-state index in [-0.39, 0.29) is 41.2 Å². The fraction of sp³-hybridized carbons (Fsp3) is 0. The number of carboxylic acid groups (broad SMARTS) is 1. The second-order valence-corrected chi connectivity index (χ2v) is 3.78. The molecular weight excluding hydrogens is 436 g/mol. The van der Waals surface area contributed by atoms with Crippen molar-refractivity contribution in [3.05, 3.63) is 0 Å². The van der Waals surface area contributed by atoms with Gasteiger partial charge in [0.25, 0.3) is 6.47 Å². The molecule has 0 bridgehead atoms. The van der Waals surface area contributed by atoms with Crippen LogP contribution in [0.25, 0.3) is 0 Å². The molecule has 0 fully saturated rings. The summed E-state index contributed by atoms with van der Waals surface area (Å²) in [4.78, 5) is 8.36. The molecule has 0 saturated heterocycles. The van der Waals surface area contributed by atoms with E-state index >= 15 is 0 Å². The van der Waals surface area contributed by atoms with Crippen molar-refractivity contribution in [2.45, 2.75) is 0 Å². The van der Waals surface area contributed by atoms with E-state index in [2.05, 4.69) is 0 Å².